The highest BCUT2D eigenvalue weighted by atomic mass is 79.9. The summed E-state index contributed by atoms with van der Waals surface area (Å²) in [5.74, 6) is 0.557. The van der Waals surface area contributed by atoms with Gasteiger partial charge in [0, 0.05) is 6.07 Å². The fourth-order valence-electron chi connectivity index (χ4n) is 1.06. The van der Waals surface area contributed by atoms with Crippen LogP contribution in [0.5, 0.6) is 5.75 Å². The first-order chi connectivity index (χ1) is 6.66. The normalized spacial score (nSPS) is 15.2. The van der Waals surface area contributed by atoms with E-state index >= 15 is 0 Å². The predicted molar refractivity (Wildman–Crippen MR) is 54.4 cm³/mol. The standard InChI is InChI=1S/C9H8BrNO3/c10-8-4-1-6(11(12)13)5-9(8)14-7-2-3-7/h1,4-5,7H,2-3H2. The highest BCUT2D eigenvalue weighted by molar-refractivity contribution is 9.10. The van der Waals surface area contributed by atoms with Crippen molar-refractivity contribution in [1.29, 1.82) is 0 Å². The van der Waals surface area contributed by atoms with Crippen LogP contribution in [0.3, 0.4) is 0 Å². The van der Waals surface area contributed by atoms with Crippen molar-refractivity contribution < 1.29 is 9.66 Å². The molecule has 2 rings (SSSR count). The van der Waals surface area contributed by atoms with E-state index in [1.54, 1.807) is 6.07 Å². The lowest BCUT2D eigenvalue weighted by atomic mass is 10.3. The Kier molecular flexibility index (Phi) is 2.41. The summed E-state index contributed by atoms with van der Waals surface area (Å²) in [6, 6.07) is 4.53. The largest absolute Gasteiger partial charge is 0.489 e. The molecule has 0 amide bonds. The lowest BCUT2D eigenvalue weighted by Crippen LogP contribution is -1.97. The van der Waals surface area contributed by atoms with Gasteiger partial charge >= 0.3 is 0 Å². The number of ether oxygens (including phenoxy) is 1. The van der Waals surface area contributed by atoms with Gasteiger partial charge in [-0.05, 0) is 34.8 Å². The molecule has 0 N–H and O–H groups in total. The Bertz CT molecular complexity index is 376. The van der Waals surface area contributed by atoms with Gasteiger partial charge in [0.05, 0.1) is 21.6 Å². The molecule has 1 saturated carbocycles. The van der Waals surface area contributed by atoms with Crippen LogP contribution in [0, 0.1) is 10.1 Å². The summed E-state index contributed by atoms with van der Waals surface area (Å²) < 4.78 is 6.25. The van der Waals surface area contributed by atoms with Gasteiger partial charge in [0.1, 0.15) is 5.75 Å². The van der Waals surface area contributed by atoms with Crippen LogP contribution < -0.4 is 4.74 Å². The SMILES string of the molecule is O=[N+]([O-])c1ccc(Br)c(OC2CC2)c1. The average molecular weight is 258 g/mol. The summed E-state index contributed by atoms with van der Waals surface area (Å²) in [6.45, 7) is 0. The summed E-state index contributed by atoms with van der Waals surface area (Å²) in [5.41, 5.74) is 0.0591. The van der Waals surface area contributed by atoms with Gasteiger partial charge in [-0.1, -0.05) is 0 Å². The van der Waals surface area contributed by atoms with Gasteiger partial charge in [0.2, 0.25) is 0 Å². The molecule has 0 heterocycles. The quantitative estimate of drug-likeness (QED) is 0.618. The van der Waals surface area contributed by atoms with E-state index in [-0.39, 0.29) is 11.8 Å². The smallest absolute Gasteiger partial charge is 0.273 e. The third kappa shape index (κ3) is 2.04. The lowest BCUT2D eigenvalue weighted by molar-refractivity contribution is -0.385. The summed E-state index contributed by atoms with van der Waals surface area (Å²) in [6.07, 6.45) is 2.32. The number of hydrogen-bond donors (Lipinski definition) is 0. The number of non-ortho nitro benzene ring substituents is 1. The first-order valence-corrected chi connectivity index (χ1v) is 5.07. The maximum absolute atomic E-state index is 10.5. The van der Waals surface area contributed by atoms with Gasteiger partial charge in [0.15, 0.2) is 0 Å². The topological polar surface area (TPSA) is 52.4 Å². The third-order valence-corrected chi connectivity index (χ3v) is 2.60. The maximum Gasteiger partial charge on any atom is 0.273 e. The molecule has 1 aliphatic rings. The monoisotopic (exact) mass is 257 g/mol. The summed E-state index contributed by atoms with van der Waals surface area (Å²) in [7, 11) is 0. The van der Waals surface area contributed by atoms with Crippen LogP contribution in [0.25, 0.3) is 0 Å². The second kappa shape index (κ2) is 3.57. The summed E-state index contributed by atoms with van der Waals surface area (Å²) >= 11 is 3.29. The van der Waals surface area contributed by atoms with Crippen LogP contribution in [-0.4, -0.2) is 11.0 Å². The van der Waals surface area contributed by atoms with Gasteiger partial charge < -0.3 is 4.74 Å². The van der Waals surface area contributed by atoms with Gasteiger partial charge in [-0.15, -0.1) is 0 Å². The molecule has 14 heavy (non-hydrogen) atoms. The average Bonchev–Trinajstić information content (AvgIpc) is 2.92. The van der Waals surface area contributed by atoms with E-state index in [1.807, 2.05) is 0 Å². The molecule has 74 valence electrons. The molecule has 4 nitrogen and oxygen atoms in total. The number of nitro benzene ring substituents is 1. The molecule has 0 aliphatic heterocycles. The summed E-state index contributed by atoms with van der Waals surface area (Å²) in [4.78, 5) is 10.1. The first kappa shape index (κ1) is 9.45. The Balaban J connectivity index is 2.26. The van der Waals surface area contributed by atoms with Crippen molar-refractivity contribution in [3.8, 4) is 5.75 Å². The van der Waals surface area contributed by atoms with Crippen LogP contribution in [0.4, 0.5) is 5.69 Å². The predicted octanol–water partition coefficient (Wildman–Crippen LogP) is 2.90. The van der Waals surface area contributed by atoms with Gasteiger partial charge in [-0.3, -0.25) is 10.1 Å². The minimum absolute atomic E-state index is 0.0591. The minimum Gasteiger partial charge on any atom is -0.489 e. The minimum atomic E-state index is -0.424. The number of halogens is 1. The number of nitro groups is 1. The fourth-order valence-corrected chi connectivity index (χ4v) is 1.40. The lowest BCUT2D eigenvalue weighted by Gasteiger charge is -2.05. The van der Waals surface area contributed by atoms with E-state index in [0.717, 1.165) is 17.3 Å². The molecule has 1 fully saturated rings. The van der Waals surface area contributed by atoms with Crippen LogP contribution in [-0.2, 0) is 0 Å². The number of rotatable bonds is 3. The molecule has 0 saturated heterocycles. The van der Waals surface area contributed by atoms with E-state index in [1.165, 1.54) is 12.1 Å². The second-order valence-electron chi connectivity index (χ2n) is 3.19. The van der Waals surface area contributed by atoms with E-state index in [0.29, 0.717) is 5.75 Å². The van der Waals surface area contributed by atoms with E-state index in [2.05, 4.69) is 15.9 Å². The number of benzene rings is 1. The molecule has 0 atom stereocenters. The molecule has 1 aromatic carbocycles. The highest BCUT2D eigenvalue weighted by Crippen LogP contribution is 2.34. The maximum atomic E-state index is 10.5. The van der Waals surface area contributed by atoms with Crippen LogP contribution in [0.1, 0.15) is 12.8 Å². The first-order valence-electron chi connectivity index (χ1n) is 4.27. The number of hydrogen-bond acceptors (Lipinski definition) is 3. The highest BCUT2D eigenvalue weighted by Gasteiger charge is 2.25. The van der Waals surface area contributed by atoms with Crippen molar-refractivity contribution in [1.82, 2.24) is 0 Å². The molecule has 0 aromatic heterocycles. The zero-order chi connectivity index (χ0) is 10.1. The molecule has 0 spiro atoms. The van der Waals surface area contributed by atoms with Gasteiger partial charge in [-0.2, -0.15) is 0 Å². The van der Waals surface area contributed by atoms with Crippen LogP contribution in [0.15, 0.2) is 22.7 Å². The van der Waals surface area contributed by atoms with Crippen molar-refractivity contribution in [3.05, 3.63) is 32.8 Å². The van der Waals surface area contributed by atoms with Crippen molar-refractivity contribution in [2.45, 2.75) is 18.9 Å². The van der Waals surface area contributed by atoms with Crippen LogP contribution in [0.2, 0.25) is 0 Å². The Morgan fingerprint density at radius 1 is 1.50 bits per heavy atom. The van der Waals surface area contributed by atoms with Crippen LogP contribution >= 0.6 is 15.9 Å². The zero-order valence-electron chi connectivity index (χ0n) is 7.27. The molecule has 0 bridgehead atoms. The van der Waals surface area contributed by atoms with E-state index in [9.17, 15) is 10.1 Å². The van der Waals surface area contributed by atoms with Crippen molar-refractivity contribution in [3.63, 3.8) is 0 Å². The summed E-state index contributed by atoms with van der Waals surface area (Å²) in [5, 5.41) is 10.5. The van der Waals surface area contributed by atoms with Gasteiger partial charge in [-0.25, -0.2) is 0 Å². The molecular formula is C9H8BrNO3. The molecule has 0 radical (unpaired) electrons. The second-order valence-corrected chi connectivity index (χ2v) is 4.04. The van der Waals surface area contributed by atoms with Gasteiger partial charge in [0.25, 0.3) is 5.69 Å². The molecule has 1 aromatic rings. The van der Waals surface area contributed by atoms with Crippen molar-refractivity contribution >= 4 is 21.6 Å². The van der Waals surface area contributed by atoms with Crippen molar-refractivity contribution in [2.75, 3.05) is 0 Å². The zero-order valence-corrected chi connectivity index (χ0v) is 8.86. The molecule has 1 aliphatic carbocycles. The third-order valence-electron chi connectivity index (χ3n) is 1.94. The Morgan fingerprint density at radius 2 is 2.21 bits per heavy atom. The molecule has 5 heteroatoms. The van der Waals surface area contributed by atoms with Crippen molar-refractivity contribution in [2.24, 2.45) is 0 Å². The molecule has 0 unspecified atom stereocenters. The Morgan fingerprint density at radius 3 is 2.79 bits per heavy atom. The van der Waals surface area contributed by atoms with E-state index in [4.69, 9.17) is 4.74 Å². The van der Waals surface area contributed by atoms with E-state index < -0.39 is 4.92 Å². The fraction of sp³-hybridized carbons (Fsp3) is 0.333. The Hall–Kier alpha value is -1.10. The number of nitrogens with zero attached hydrogens (tertiary/aromatic N) is 1. The molecular weight excluding hydrogens is 250 g/mol. The Labute approximate surface area is 89.2 Å².